The number of benzene rings is 1. The molecule has 1 heterocycles. The lowest BCUT2D eigenvalue weighted by Gasteiger charge is -2.12. The number of hydrogen-bond acceptors (Lipinski definition) is 4. The average molecular weight is 356 g/mol. The van der Waals surface area contributed by atoms with Gasteiger partial charge in [0.15, 0.2) is 0 Å². The van der Waals surface area contributed by atoms with Crippen LogP contribution in [0.3, 0.4) is 0 Å². The van der Waals surface area contributed by atoms with Crippen molar-refractivity contribution in [1.82, 2.24) is 5.32 Å². The number of thiophene rings is 1. The molecule has 0 bridgehead atoms. The molecule has 1 unspecified atom stereocenters. The van der Waals surface area contributed by atoms with Crippen molar-refractivity contribution < 1.29 is 9.84 Å². The highest BCUT2D eigenvalue weighted by Crippen LogP contribution is 2.11. The summed E-state index contributed by atoms with van der Waals surface area (Å²) in [6.07, 6.45) is -0.484. The van der Waals surface area contributed by atoms with E-state index in [1.807, 2.05) is 29.6 Å². The van der Waals surface area contributed by atoms with Crippen molar-refractivity contribution in [2.75, 3.05) is 13.2 Å². The van der Waals surface area contributed by atoms with Crippen molar-refractivity contribution in [2.24, 2.45) is 0 Å². The van der Waals surface area contributed by atoms with Gasteiger partial charge in [0.1, 0.15) is 0 Å². The van der Waals surface area contributed by atoms with E-state index in [1.165, 1.54) is 10.4 Å². The van der Waals surface area contributed by atoms with Gasteiger partial charge in [-0.1, -0.05) is 34.1 Å². The second-order valence-electron chi connectivity index (χ2n) is 4.51. The molecule has 0 spiro atoms. The maximum absolute atomic E-state index is 9.82. The summed E-state index contributed by atoms with van der Waals surface area (Å²) in [4.78, 5) is 1.18. The van der Waals surface area contributed by atoms with E-state index in [0.29, 0.717) is 19.8 Å². The first kappa shape index (κ1) is 15.7. The molecule has 0 fully saturated rings. The Kier molecular flexibility index (Phi) is 6.69. The summed E-state index contributed by atoms with van der Waals surface area (Å²) < 4.78 is 6.54. The fourth-order valence-electron chi connectivity index (χ4n) is 1.78. The number of halogens is 1. The minimum absolute atomic E-state index is 0.351. The van der Waals surface area contributed by atoms with Crippen molar-refractivity contribution in [2.45, 2.75) is 19.3 Å². The maximum Gasteiger partial charge on any atom is 0.0897 e. The number of aliphatic hydroxyl groups excluding tert-OH is 1. The number of ether oxygens (including phenoxy) is 1. The summed E-state index contributed by atoms with van der Waals surface area (Å²) >= 11 is 5.10. The molecular weight excluding hydrogens is 338 g/mol. The summed E-state index contributed by atoms with van der Waals surface area (Å²) in [5, 5.41) is 15.1. The summed E-state index contributed by atoms with van der Waals surface area (Å²) in [6, 6.07) is 12.1. The zero-order valence-corrected chi connectivity index (χ0v) is 13.5. The predicted octanol–water partition coefficient (Wildman–Crippen LogP) is 3.18. The van der Waals surface area contributed by atoms with Crippen LogP contribution in [0, 0.1) is 0 Å². The van der Waals surface area contributed by atoms with Crippen molar-refractivity contribution in [1.29, 1.82) is 0 Å². The van der Waals surface area contributed by atoms with Gasteiger partial charge in [0.05, 0.1) is 19.3 Å². The topological polar surface area (TPSA) is 41.5 Å². The molecule has 0 radical (unpaired) electrons. The third-order valence-corrected chi connectivity index (χ3v) is 4.08. The lowest BCUT2D eigenvalue weighted by atomic mass is 10.2. The lowest BCUT2D eigenvalue weighted by Crippen LogP contribution is -2.30. The minimum Gasteiger partial charge on any atom is -0.389 e. The molecule has 0 saturated carbocycles. The monoisotopic (exact) mass is 355 g/mol. The van der Waals surface area contributed by atoms with E-state index in [2.05, 4.69) is 33.4 Å². The summed E-state index contributed by atoms with van der Waals surface area (Å²) in [5.41, 5.74) is 1.19. The van der Waals surface area contributed by atoms with Gasteiger partial charge < -0.3 is 15.2 Å². The Labute approximate surface area is 131 Å². The van der Waals surface area contributed by atoms with E-state index >= 15 is 0 Å². The molecule has 3 nitrogen and oxygen atoms in total. The van der Waals surface area contributed by atoms with Crippen LogP contribution < -0.4 is 5.32 Å². The van der Waals surface area contributed by atoms with Crippen LogP contribution in [0.4, 0.5) is 0 Å². The van der Waals surface area contributed by atoms with E-state index in [9.17, 15) is 5.11 Å². The van der Waals surface area contributed by atoms with Crippen LogP contribution in [0.1, 0.15) is 10.4 Å². The molecule has 0 saturated heterocycles. The SMILES string of the molecule is OC(CNCc1cccc(Br)c1)COCc1cccs1. The minimum atomic E-state index is -0.484. The van der Waals surface area contributed by atoms with Gasteiger partial charge in [0.2, 0.25) is 0 Å². The highest BCUT2D eigenvalue weighted by Gasteiger charge is 2.04. The van der Waals surface area contributed by atoms with Crippen LogP contribution in [-0.4, -0.2) is 24.4 Å². The van der Waals surface area contributed by atoms with E-state index in [-0.39, 0.29) is 0 Å². The molecule has 1 atom stereocenters. The lowest BCUT2D eigenvalue weighted by molar-refractivity contribution is 0.0297. The van der Waals surface area contributed by atoms with Crippen molar-refractivity contribution >= 4 is 27.3 Å². The van der Waals surface area contributed by atoms with Crippen molar-refractivity contribution in [3.63, 3.8) is 0 Å². The first-order valence-electron chi connectivity index (χ1n) is 6.47. The Morgan fingerprint density at radius 3 is 2.95 bits per heavy atom. The quantitative estimate of drug-likeness (QED) is 0.763. The Morgan fingerprint density at radius 1 is 1.30 bits per heavy atom. The van der Waals surface area contributed by atoms with E-state index in [0.717, 1.165) is 11.0 Å². The van der Waals surface area contributed by atoms with Gasteiger partial charge in [-0.05, 0) is 29.1 Å². The van der Waals surface area contributed by atoms with Gasteiger partial charge in [0.25, 0.3) is 0 Å². The zero-order chi connectivity index (χ0) is 14.2. The molecule has 0 aliphatic rings. The van der Waals surface area contributed by atoms with Crippen molar-refractivity contribution in [3.8, 4) is 0 Å². The molecule has 2 aromatic rings. The van der Waals surface area contributed by atoms with Gasteiger partial charge >= 0.3 is 0 Å². The van der Waals surface area contributed by atoms with Crippen LogP contribution in [0.25, 0.3) is 0 Å². The molecule has 0 amide bonds. The standard InChI is InChI=1S/C15H18BrNO2S/c16-13-4-1-3-12(7-13)8-17-9-14(18)10-19-11-15-5-2-6-20-15/h1-7,14,17-18H,8-11H2. The molecule has 1 aromatic carbocycles. The van der Waals surface area contributed by atoms with Gasteiger partial charge in [-0.3, -0.25) is 0 Å². The second kappa shape index (κ2) is 8.54. The fraction of sp³-hybridized carbons (Fsp3) is 0.333. The smallest absolute Gasteiger partial charge is 0.0897 e. The molecular formula is C15H18BrNO2S. The second-order valence-corrected chi connectivity index (χ2v) is 6.46. The van der Waals surface area contributed by atoms with Crippen LogP contribution in [-0.2, 0) is 17.9 Å². The maximum atomic E-state index is 9.82. The van der Waals surface area contributed by atoms with E-state index in [1.54, 1.807) is 11.3 Å². The fourth-order valence-corrected chi connectivity index (χ4v) is 2.87. The normalized spacial score (nSPS) is 12.5. The summed E-state index contributed by atoms with van der Waals surface area (Å²) in [7, 11) is 0. The number of hydrogen-bond donors (Lipinski definition) is 2. The highest BCUT2D eigenvalue weighted by molar-refractivity contribution is 9.10. The first-order chi connectivity index (χ1) is 9.74. The Bertz CT molecular complexity index is 504. The van der Waals surface area contributed by atoms with Crippen molar-refractivity contribution in [3.05, 3.63) is 56.7 Å². The predicted molar refractivity (Wildman–Crippen MR) is 85.8 cm³/mol. The Hall–Kier alpha value is -0.720. The van der Waals surface area contributed by atoms with E-state index in [4.69, 9.17) is 4.74 Å². The van der Waals surface area contributed by atoms with Crippen LogP contribution in [0.2, 0.25) is 0 Å². The van der Waals surface area contributed by atoms with Gasteiger partial charge in [-0.15, -0.1) is 11.3 Å². The summed E-state index contributed by atoms with van der Waals surface area (Å²) in [5.74, 6) is 0. The van der Waals surface area contributed by atoms with Gasteiger partial charge in [-0.2, -0.15) is 0 Å². The molecule has 2 N–H and O–H groups in total. The first-order valence-corrected chi connectivity index (χ1v) is 8.14. The van der Waals surface area contributed by atoms with E-state index < -0.39 is 6.10 Å². The third kappa shape index (κ3) is 5.73. The molecule has 1 aromatic heterocycles. The third-order valence-electron chi connectivity index (χ3n) is 2.73. The molecule has 108 valence electrons. The summed E-state index contributed by atoms with van der Waals surface area (Å²) in [6.45, 7) is 2.18. The Balaban J connectivity index is 1.59. The highest BCUT2D eigenvalue weighted by atomic mass is 79.9. The van der Waals surface area contributed by atoms with Crippen LogP contribution in [0.15, 0.2) is 46.3 Å². The number of rotatable bonds is 8. The molecule has 2 rings (SSSR count). The largest absolute Gasteiger partial charge is 0.389 e. The molecule has 5 heteroatoms. The van der Waals surface area contributed by atoms with Gasteiger partial charge in [0, 0.05) is 22.4 Å². The van der Waals surface area contributed by atoms with Crippen LogP contribution in [0.5, 0.6) is 0 Å². The number of aliphatic hydroxyl groups is 1. The molecule has 0 aliphatic carbocycles. The molecule has 0 aliphatic heterocycles. The average Bonchev–Trinajstić information content (AvgIpc) is 2.92. The van der Waals surface area contributed by atoms with Crippen LogP contribution >= 0.6 is 27.3 Å². The zero-order valence-electron chi connectivity index (χ0n) is 11.1. The van der Waals surface area contributed by atoms with Gasteiger partial charge in [-0.25, -0.2) is 0 Å². The number of nitrogens with one attached hydrogen (secondary N) is 1. The Morgan fingerprint density at radius 2 is 2.20 bits per heavy atom. The molecule has 20 heavy (non-hydrogen) atoms.